The summed E-state index contributed by atoms with van der Waals surface area (Å²) in [7, 11) is 0. The molecular formula is C15H21N3. The summed E-state index contributed by atoms with van der Waals surface area (Å²) in [5.41, 5.74) is 10.3. The molecule has 2 aliphatic carbocycles. The second kappa shape index (κ2) is 4.01. The predicted octanol–water partition coefficient (Wildman–Crippen LogP) is 2.70. The average Bonchev–Trinajstić information content (AvgIpc) is 2.75. The third kappa shape index (κ3) is 2.22. The molecule has 3 rings (SSSR count). The van der Waals surface area contributed by atoms with Crippen LogP contribution in [-0.4, -0.2) is 12.0 Å². The van der Waals surface area contributed by atoms with E-state index in [0.29, 0.717) is 17.4 Å². The number of hydrogen-bond donors (Lipinski definition) is 2. The number of benzene rings is 1. The van der Waals surface area contributed by atoms with Crippen molar-refractivity contribution in [2.24, 2.45) is 16.1 Å². The zero-order valence-electron chi connectivity index (χ0n) is 11.2. The van der Waals surface area contributed by atoms with Gasteiger partial charge in [0, 0.05) is 5.69 Å². The van der Waals surface area contributed by atoms with Crippen LogP contribution in [0, 0.1) is 5.41 Å². The standard InChI is InChI=1S/C15H21N3/c1-15(2)9-13(15)18-14(16)17-12-7-6-10-4-3-5-11(10)8-12/h6-8,13H,3-5,9H2,1-2H3,(H3,16,17,18). The lowest BCUT2D eigenvalue weighted by Gasteiger charge is -2.08. The molecule has 3 N–H and O–H groups in total. The number of fused-ring (bicyclic) bond motifs is 1. The lowest BCUT2D eigenvalue weighted by atomic mass is 10.1. The van der Waals surface area contributed by atoms with Crippen molar-refractivity contribution in [1.82, 2.24) is 0 Å². The molecular weight excluding hydrogens is 222 g/mol. The normalized spacial score (nSPS) is 24.8. The Hall–Kier alpha value is -1.51. The molecule has 2 aliphatic rings. The molecule has 0 aromatic heterocycles. The van der Waals surface area contributed by atoms with Gasteiger partial charge in [-0.25, -0.2) is 4.99 Å². The summed E-state index contributed by atoms with van der Waals surface area (Å²) in [6.45, 7) is 4.45. The number of aryl methyl sites for hydroxylation is 2. The average molecular weight is 243 g/mol. The van der Waals surface area contributed by atoms with E-state index in [1.807, 2.05) is 0 Å². The number of nitrogens with two attached hydrogens (primary N) is 1. The summed E-state index contributed by atoms with van der Waals surface area (Å²) >= 11 is 0. The molecule has 0 saturated heterocycles. The SMILES string of the molecule is CC1(C)CC1N=C(N)Nc1ccc2c(c1)CCC2. The van der Waals surface area contributed by atoms with Gasteiger partial charge in [-0.15, -0.1) is 0 Å². The van der Waals surface area contributed by atoms with Crippen molar-refractivity contribution in [3.63, 3.8) is 0 Å². The molecule has 1 saturated carbocycles. The fraction of sp³-hybridized carbons (Fsp3) is 0.533. The van der Waals surface area contributed by atoms with Gasteiger partial charge in [0.05, 0.1) is 6.04 Å². The van der Waals surface area contributed by atoms with Crippen molar-refractivity contribution in [3.05, 3.63) is 29.3 Å². The summed E-state index contributed by atoms with van der Waals surface area (Å²) in [6, 6.07) is 6.91. The predicted molar refractivity (Wildman–Crippen MR) is 75.9 cm³/mol. The topological polar surface area (TPSA) is 50.4 Å². The number of guanidine groups is 1. The highest BCUT2D eigenvalue weighted by atomic mass is 15.1. The molecule has 1 unspecified atom stereocenters. The molecule has 0 heterocycles. The van der Waals surface area contributed by atoms with Crippen molar-refractivity contribution in [3.8, 4) is 0 Å². The molecule has 18 heavy (non-hydrogen) atoms. The quantitative estimate of drug-likeness (QED) is 0.620. The van der Waals surface area contributed by atoms with E-state index in [0.717, 1.165) is 12.1 Å². The first-order valence-electron chi connectivity index (χ1n) is 6.77. The first-order valence-corrected chi connectivity index (χ1v) is 6.77. The van der Waals surface area contributed by atoms with Crippen molar-refractivity contribution < 1.29 is 0 Å². The fourth-order valence-corrected chi connectivity index (χ4v) is 2.66. The van der Waals surface area contributed by atoms with Gasteiger partial charge < -0.3 is 11.1 Å². The van der Waals surface area contributed by atoms with E-state index in [1.54, 1.807) is 0 Å². The van der Waals surface area contributed by atoms with Crippen LogP contribution in [0.3, 0.4) is 0 Å². The van der Waals surface area contributed by atoms with Gasteiger partial charge >= 0.3 is 0 Å². The lowest BCUT2D eigenvalue weighted by Crippen LogP contribution is -2.23. The van der Waals surface area contributed by atoms with Gasteiger partial charge in [0.25, 0.3) is 0 Å². The maximum absolute atomic E-state index is 5.95. The maximum atomic E-state index is 5.95. The minimum atomic E-state index is 0.338. The zero-order chi connectivity index (χ0) is 12.8. The molecule has 0 radical (unpaired) electrons. The Labute approximate surface area is 108 Å². The fourth-order valence-electron chi connectivity index (χ4n) is 2.66. The number of nitrogens with zero attached hydrogens (tertiary/aromatic N) is 1. The van der Waals surface area contributed by atoms with Crippen molar-refractivity contribution >= 4 is 11.6 Å². The summed E-state index contributed by atoms with van der Waals surface area (Å²) in [4.78, 5) is 4.51. The minimum Gasteiger partial charge on any atom is -0.370 e. The first-order chi connectivity index (χ1) is 8.54. The van der Waals surface area contributed by atoms with Crippen LogP contribution in [0.15, 0.2) is 23.2 Å². The third-order valence-corrected chi connectivity index (χ3v) is 4.13. The molecule has 0 bridgehead atoms. The molecule has 1 aromatic carbocycles. The Bertz CT molecular complexity index is 502. The molecule has 1 atom stereocenters. The van der Waals surface area contributed by atoms with Gasteiger partial charge in [0.1, 0.15) is 0 Å². The highest BCUT2D eigenvalue weighted by Gasteiger charge is 2.45. The van der Waals surface area contributed by atoms with Gasteiger partial charge in [-0.05, 0) is 54.4 Å². The van der Waals surface area contributed by atoms with E-state index in [2.05, 4.69) is 42.4 Å². The minimum absolute atomic E-state index is 0.338. The summed E-state index contributed by atoms with van der Waals surface area (Å²) < 4.78 is 0. The van der Waals surface area contributed by atoms with Crippen LogP contribution in [0.4, 0.5) is 5.69 Å². The third-order valence-electron chi connectivity index (χ3n) is 4.13. The van der Waals surface area contributed by atoms with Crippen LogP contribution in [0.5, 0.6) is 0 Å². The number of hydrogen-bond acceptors (Lipinski definition) is 1. The number of anilines is 1. The number of aliphatic imine (C=N–C) groups is 1. The van der Waals surface area contributed by atoms with Crippen LogP contribution >= 0.6 is 0 Å². The van der Waals surface area contributed by atoms with E-state index >= 15 is 0 Å². The zero-order valence-corrected chi connectivity index (χ0v) is 11.2. The van der Waals surface area contributed by atoms with Gasteiger partial charge in [-0.2, -0.15) is 0 Å². The van der Waals surface area contributed by atoms with Crippen molar-refractivity contribution in [1.29, 1.82) is 0 Å². The van der Waals surface area contributed by atoms with Crippen LogP contribution in [0.25, 0.3) is 0 Å². The van der Waals surface area contributed by atoms with Gasteiger partial charge in [0.2, 0.25) is 0 Å². The largest absolute Gasteiger partial charge is 0.370 e. The highest BCUT2D eigenvalue weighted by molar-refractivity contribution is 5.92. The van der Waals surface area contributed by atoms with Crippen LogP contribution in [-0.2, 0) is 12.8 Å². The second-order valence-electron chi connectivity index (χ2n) is 6.18. The molecule has 1 fully saturated rings. The molecule has 0 amide bonds. The monoisotopic (exact) mass is 243 g/mol. The second-order valence-corrected chi connectivity index (χ2v) is 6.18. The number of rotatable bonds is 2. The molecule has 3 nitrogen and oxygen atoms in total. The van der Waals surface area contributed by atoms with Crippen molar-refractivity contribution in [2.45, 2.75) is 45.6 Å². The molecule has 96 valence electrons. The summed E-state index contributed by atoms with van der Waals surface area (Å²) in [6.07, 6.45) is 4.82. The van der Waals surface area contributed by atoms with Crippen LogP contribution in [0.1, 0.15) is 37.8 Å². The molecule has 3 heteroatoms. The summed E-state index contributed by atoms with van der Waals surface area (Å²) in [5.74, 6) is 0.545. The molecule has 1 aromatic rings. The lowest BCUT2D eigenvalue weighted by molar-refractivity contribution is 0.618. The first kappa shape index (κ1) is 11.6. The Morgan fingerprint density at radius 3 is 2.78 bits per heavy atom. The van der Waals surface area contributed by atoms with E-state index < -0.39 is 0 Å². The highest BCUT2D eigenvalue weighted by Crippen LogP contribution is 2.47. The maximum Gasteiger partial charge on any atom is 0.193 e. The van der Waals surface area contributed by atoms with E-state index in [9.17, 15) is 0 Å². The Morgan fingerprint density at radius 1 is 1.33 bits per heavy atom. The van der Waals surface area contributed by atoms with Gasteiger partial charge in [0.15, 0.2) is 5.96 Å². The van der Waals surface area contributed by atoms with Crippen LogP contribution < -0.4 is 11.1 Å². The van der Waals surface area contributed by atoms with E-state index in [4.69, 9.17) is 5.73 Å². The van der Waals surface area contributed by atoms with E-state index in [-0.39, 0.29) is 0 Å². The van der Waals surface area contributed by atoms with Gasteiger partial charge in [-0.1, -0.05) is 19.9 Å². The molecule has 0 spiro atoms. The Morgan fingerprint density at radius 2 is 2.06 bits per heavy atom. The molecule has 0 aliphatic heterocycles. The Balaban J connectivity index is 1.69. The summed E-state index contributed by atoms with van der Waals surface area (Å²) in [5, 5.41) is 3.21. The number of nitrogens with one attached hydrogen (secondary N) is 1. The van der Waals surface area contributed by atoms with Crippen LogP contribution in [0.2, 0.25) is 0 Å². The Kier molecular flexibility index (Phi) is 2.58. The van der Waals surface area contributed by atoms with Crippen molar-refractivity contribution in [2.75, 3.05) is 5.32 Å². The van der Waals surface area contributed by atoms with Gasteiger partial charge in [-0.3, -0.25) is 0 Å². The van der Waals surface area contributed by atoms with E-state index in [1.165, 1.54) is 30.4 Å². The smallest absolute Gasteiger partial charge is 0.193 e.